The van der Waals surface area contributed by atoms with Gasteiger partial charge in [0.15, 0.2) is 0 Å². The van der Waals surface area contributed by atoms with Crippen molar-refractivity contribution in [2.75, 3.05) is 6.61 Å². The highest BCUT2D eigenvalue weighted by Crippen LogP contribution is 2.39. The summed E-state index contributed by atoms with van der Waals surface area (Å²) in [4.78, 5) is 8.47. The topological polar surface area (TPSA) is 62.7 Å². The van der Waals surface area contributed by atoms with Crippen molar-refractivity contribution in [2.45, 2.75) is 44.2 Å². The number of benzene rings is 4. The number of halogens is 2. The maximum absolute atomic E-state index is 6.71. The van der Waals surface area contributed by atoms with Crippen LogP contribution in [0.3, 0.4) is 0 Å². The lowest BCUT2D eigenvalue weighted by atomic mass is 9.99. The number of fused-ring (bicyclic) bond motifs is 1. The van der Waals surface area contributed by atoms with Crippen molar-refractivity contribution in [3.63, 3.8) is 0 Å². The predicted octanol–water partition coefficient (Wildman–Crippen LogP) is 7.76. The Morgan fingerprint density at radius 1 is 0.643 bits per heavy atom. The number of nitrogens with zero attached hydrogens (tertiary/aromatic N) is 2. The molecule has 1 fully saturated rings. The van der Waals surface area contributed by atoms with Gasteiger partial charge in [0.2, 0.25) is 5.28 Å². The van der Waals surface area contributed by atoms with E-state index in [4.69, 9.17) is 42.1 Å². The normalized spacial score (nSPS) is 20.2. The summed E-state index contributed by atoms with van der Waals surface area (Å²) in [5, 5.41) is 1.10. The van der Waals surface area contributed by atoms with Crippen molar-refractivity contribution < 1.29 is 18.9 Å². The predicted molar refractivity (Wildman–Crippen MR) is 163 cm³/mol. The summed E-state index contributed by atoms with van der Waals surface area (Å²) < 4.78 is 26.1. The van der Waals surface area contributed by atoms with Gasteiger partial charge in [0.05, 0.1) is 31.9 Å². The average molecular weight is 602 g/mol. The summed E-state index contributed by atoms with van der Waals surface area (Å²) in [7, 11) is 0. The molecule has 1 aliphatic heterocycles. The molecule has 1 aromatic heterocycles. The van der Waals surface area contributed by atoms with Gasteiger partial charge >= 0.3 is 0 Å². The van der Waals surface area contributed by atoms with Crippen molar-refractivity contribution in [2.24, 2.45) is 0 Å². The molecule has 1 aliphatic rings. The fraction of sp³-hybridized carbons (Fsp3) is 0.235. The molecule has 5 aromatic rings. The molecule has 0 N–H and O–H groups in total. The van der Waals surface area contributed by atoms with Gasteiger partial charge in [0.25, 0.3) is 0 Å². The zero-order valence-corrected chi connectivity index (χ0v) is 24.3. The first-order valence-corrected chi connectivity index (χ1v) is 14.6. The SMILES string of the molecule is Clc1nc(Cl)c2ccc([C@@H]3O[C@H](COCc4ccccc4)[C@@H](OCc4ccccc4)[C@H]3OCc3ccccc3)cc2n1. The molecular weight excluding hydrogens is 571 g/mol. The highest BCUT2D eigenvalue weighted by molar-refractivity contribution is 6.35. The van der Waals surface area contributed by atoms with Crippen LogP contribution in [0.5, 0.6) is 0 Å². The molecule has 214 valence electrons. The Labute approximate surface area is 255 Å². The highest BCUT2D eigenvalue weighted by atomic mass is 35.5. The lowest BCUT2D eigenvalue weighted by Crippen LogP contribution is -2.37. The van der Waals surface area contributed by atoms with Crippen LogP contribution in [-0.4, -0.2) is 34.9 Å². The van der Waals surface area contributed by atoms with Gasteiger partial charge in [-0.1, -0.05) is 109 Å². The lowest BCUT2D eigenvalue weighted by Gasteiger charge is -2.25. The van der Waals surface area contributed by atoms with E-state index < -0.39 is 18.3 Å². The smallest absolute Gasteiger partial charge is 0.224 e. The van der Waals surface area contributed by atoms with Crippen LogP contribution in [0, 0.1) is 0 Å². The second-order valence-electron chi connectivity index (χ2n) is 10.2. The molecule has 6 nitrogen and oxygen atoms in total. The summed E-state index contributed by atoms with van der Waals surface area (Å²) >= 11 is 12.5. The minimum absolute atomic E-state index is 0.0881. The minimum atomic E-state index is -0.447. The molecule has 0 bridgehead atoms. The van der Waals surface area contributed by atoms with E-state index in [9.17, 15) is 0 Å². The van der Waals surface area contributed by atoms with Crippen LogP contribution >= 0.6 is 23.2 Å². The molecule has 42 heavy (non-hydrogen) atoms. The van der Waals surface area contributed by atoms with Crippen LogP contribution in [0.15, 0.2) is 109 Å². The van der Waals surface area contributed by atoms with Gasteiger partial charge in [-0.2, -0.15) is 0 Å². The van der Waals surface area contributed by atoms with E-state index in [1.807, 2.05) is 109 Å². The lowest BCUT2D eigenvalue weighted by molar-refractivity contribution is -0.0898. The third-order valence-electron chi connectivity index (χ3n) is 7.25. The molecule has 0 spiro atoms. The molecule has 4 aromatic carbocycles. The van der Waals surface area contributed by atoms with Crippen molar-refractivity contribution in [1.29, 1.82) is 0 Å². The Morgan fingerprint density at radius 3 is 1.83 bits per heavy atom. The first-order valence-electron chi connectivity index (χ1n) is 13.8. The van der Waals surface area contributed by atoms with E-state index in [1.54, 1.807) is 0 Å². The third-order valence-corrected chi connectivity index (χ3v) is 7.71. The maximum atomic E-state index is 6.71. The molecule has 6 rings (SSSR count). The summed E-state index contributed by atoms with van der Waals surface area (Å²) in [6, 6.07) is 36.0. The standard InChI is InChI=1S/C34H30Cl2N2O4/c35-33-27-17-16-26(18-28(27)37-34(36)38-33)30-32(41-21-25-14-8-3-9-15-25)31(40-20-24-12-6-2-7-13-24)29(42-30)22-39-19-23-10-4-1-5-11-23/h1-18,29-32H,19-22H2/t29-,30+,31-,32+/m1/s1. The Kier molecular flexibility index (Phi) is 9.41. The van der Waals surface area contributed by atoms with E-state index in [1.165, 1.54) is 0 Å². The van der Waals surface area contributed by atoms with E-state index in [-0.39, 0.29) is 11.4 Å². The van der Waals surface area contributed by atoms with Crippen molar-refractivity contribution in [3.05, 3.63) is 142 Å². The number of rotatable bonds is 11. The van der Waals surface area contributed by atoms with Crippen molar-refractivity contribution in [3.8, 4) is 0 Å². The average Bonchev–Trinajstić information content (AvgIpc) is 3.37. The molecule has 8 heteroatoms. The van der Waals surface area contributed by atoms with E-state index in [2.05, 4.69) is 9.97 Å². The number of aromatic nitrogens is 2. The summed E-state index contributed by atoms with van der Waals surface area (Å²) in [5.41, 5.74) is 4.73. The number of hydrogen-bond donors (Lipinski definition) is 0. The minimum Gasteiger partial charge on any atom is -0.374 e. The van der Waals surface area contributed by atoms with Gasteiger partial charge in [0.1, 0.15) is 29.6 Å². The fourth-order valence-corrected chi connectivity index (χ4v) is 5.63. The van der Waals surface area contributed by atoms with E-state index >= 15 is 0 Å². The first-order chi connectivity index (χ1) is 20.6. The third kappa shape index (κ3) is 6.98. The number of hydrogen-bond acceptors (Lipinski definition) is 6. The molecule has 4 atom stereocenters. The van der Waals surface area contributed by atoms with Gasteiger partial charge in [-0.15, -0.1) is 0 Å². The zero-order valence-electron chi connectivity index (χ0n) is 22.8. The van der Waals surface area contributed by atoms with Gasteiger partial charge in [-0.05, 0) is 46.0 Å². The van der Waals surface area contributed by atoms with Crippen LogP contribution in [0.2, 0.25) is 10.4 Å². The Bertz CT molecular complexity index is 1590. The van der Waals surface area contributed by atoms with E-state index in [0.29, 0.717) is 42.5 Å². The highest BCUT2D eigenvalue weighted by Gasteiger charge is 2.47. The molecule has 2 heterocycles. The largest absolute Gasteiger partial charge is 0.374 e. The van der Waals surface area contributed by atoms with E-state index in [0.717, 1.165) is 22.3 Å². The van der Waals surface area contributed by atoms with Crippen LogP contribution in [0.4, 0.5) is 0 Å². The summed E-state index contributed by atoms with van der Waals surface area (Å²) in [6.07, 6.45) is -1.65. The maximum Gasteiger partial charge on any atom is 0.224 e. The van der Waals surface area contributed by atoms with Crippen LogP contribution < -0.4 is 0 Å². The molecule has 0 aliphatic carbocycles. The number of ether oxygens (including phenoxy) is 4. The van der Waals surface area contributed by atoms with Crippen LogP contribution in [0.1, 0.15) is 28.4 Å². The second kappa shape index (κ2) is 13.7. The van der Waals surface area contributed by atoms with Crippen LogP contribution in [-0.2, 0) is 38.8 Å². The van der Waals surface area contributed by atoms with Crippen molar-refractivity contribution in [1.82, 2.24) is 9.97 Å². The molecule has 1 saturated heterocycles. The molecule has 0 saturated carbocycles. The molecular formula is C34H30Cl2N2O4. The second-order valence-corrected chi connectivity index (χ2v) is 10.9. The molecule has 0 amide bonds. The molecule has 0 unspecified atom stereocenters. The monoisotopic (exact) mass is 600 g/mol. The van der Waals surface area contributed by atoms with Gasteiger partial charge in [-0.3, -0.25) is 0 Å². The molecule has 0 radical (unpaired) electrons. The first kappa shape index (κ1) is 28.7. The Morgan fingerprint density at radius 2 is 1.21 bits per heavy atom. The Hall–Kier alpha value is -3.36. The van der Waals surface area contributed by atoms with Gasteiger partial charge in [-0.25, -0.2) is 9.97 Å². The Balaban J connectivity index is 1.30. The van der Waals surface area contributed by atoms with Crippen LogP contribution in [0.25, 0.3) is 10.9 Å². The van der Waals surface area contributed by atoms with Gasteiger partial charge < -0.3 is 18.9 Å². The zero-order chi connectivity index (χ0) is 28.7. The fourth-order valence-electron chi connectivity index (χ4n) is 5.17. The summed E-state index contributed by atoms with van der Waals surface area (Å²) in [6.45, 7) is 1.62. The quantitative estimate of drug-likeness (QED) is 0.114. The van der Waals surface area contributed by atoms with Gasteiger partial charge in [0, 0.05) is 5.39 Å². The summed E-state index contributed by atoms with van der Waals surface area (Å²) in [5.74, 6) is 0. The van der Waals surface area contributed by atoms with Crippen molar-refractivity contribution >= 4 is 34.1 Å².